The Morgan fingerprint density at radius 1 is 1.08 bits per heavy atom. The summed E-state index contributed by atoms with van der Waals surface area (Å²) in [6, 6.07) is 7.53. The fourth-order valence-corrected chi connectivity index (χ4v) is 3.46. The first kappa shape index (κ1) is 14.9. The highest BCUT2D eigenvalue weighted by Crippen LogP contribution is 2.36. The standard InChI is InChI=1S/C16H11ClN6S/c17-15-14(24-16(21-15)11-3-1-5-18-9-11)12-4-8-23(22-12)10-13-19-6-2-7-20-13/h1-9H,10H2. The van der Waals surface area contributed by atoms with Crippen molar-refractivity contribution in [2.75, 3.05) is 0 Å². The third-order valence-electron chi connectivity index (χ3n) is 3.29. The van der Waals surface area contributed by atoms with Crippen LogP contribution >= 0.6 is 22.9 Å². The van der Waals surface area contributed by atoms with Crippen LogP contribution in [0.15, 0.2) is 55.2 Å². The predicted molar refractivity (Wildman–Crippen MR) is 92.7 cm³/mol. The van der Waals surface area contributed by atoms with Crippen LogP contribution in [-0.2, 0) is 6.54 Å². The maximum absolute atomic E-state index is 6.30. The zero-order valence-electron chi connectivity index (χ0n) is 12.4. The molecule has 6 nitrogen and oxygen atoms in total. The molecule has 0 fully saturated rings. The second kappa shape index (κ2) is 6.46. The minimum Gasteiger partial charge on any atom is -0.264 e. The van der Waals surface area contributed by atoms with Crippen molar-refractivity contribution in [3.05, 3.63) is 66.2 Å². The van der Waals surface area contributed by atoms with Crippen molar-refractivity contribution in [3.63, 3.8) is 0 Å². The van der Waals surface area contributed by atoms with Gasteiger partial charge in [-0.1, -0.05) is 11.6 Å². The molecule has 0 amide bonds. The Hall–Kier alpha value is -2.64. The summed E-state index contributed by atoms with van der Waals surface area (Å²) in [4.78, 5) is 17.8. The van der Waals surface area contributed by atoms with Gasteiger partial charge in [0.15, 0.2) is 0 Å². The Morgan fingerprint density at radius 3 is 2.75 bits per heavy atom. The highest BCUT2D eigenvalue weighted by atomic mass is 35.5. The van der Waals surface area contributed by atoms with Gasteiger partial charge in [-0.2, -0.15) is 5.10 Å². The third-order valence-corrected chi connectivity index (χ3v) is 4.80. The minimum absolute atomic E-state index is 0.445. The van der Waals surface area contributed by atoms with Gasteiger partial charge in [-0.15, -0.1) is 11.3 Å². The maximum Gasteiger partial charge on any atom is 0.150 e. The Bertz CT molecular complexity index is 951. The number of thiazole rings is 1. The van der Waals surface area contributed by atoms with E-state index in [4.69, 9.17) is 11.6 Å². The molecule has 0 aliphatic carbocycles. The van der Waals surface area contributed by atoms with Crippen LogP contribution < -0.4 is 0 Å². The van der Waals surface area contributed by atoms with E-state index in [2.05, 4.69) is 25.0 Å². The summed E-state index contributed by atoms with van der Waals surface area (Å²) in [6.45, 7) is 0.507. The normalized spacial score (nSPS) is 10.9. The number of aromatic nitrogens is 6. The van der Waals surface area contributed by atoms with E-state index in [9.17, 15) is 0 Å². The molecule has 0 radical (unpaired) electrons. The molecular weight excluding hydrogens is 344 g/mol. The number of nitrogens with zero attached hydrogens (tertiary/aromatic N) is 6. The molecule has 0 bridgehead atoms. The fraction of sp³-hybridized carbons (Fsp3) is 0.0625. The van der Waals surface area contributed by atoms with Crippen molar-refractivity contribution < 1.29 is 0 Å². The second-order valence-corrected chi connectivity index (χ2v) is 6.30. The zero-order valence-corrected chi connectivity index (χ0v) is 13.9. The molecule has 4 rings (SSSR count). The van der Waals surface area contributed by atoms with E-state index in [0.717, 1.165) is 21.1 Å². The lowest BCUT2D eigenvalue weighted by Gasteiger charge is -1.99. The van der Waals surface area contributed by atoms with E-state index in [1.54, 1.807) is 35.5 Å². The first-order valence-corrected chi connectivity index (χ1v) is 8.35. The predicted octanol–water partition coefficient (Wildman–Crippen LogP) is 3.56. The van der Waals surface area contributed by atoms with Gasteiger partial charge < -0.3 is 0 Å². The van der Waals surface area contributed by atoms with E-state index in [1.165, 1.54) is 11.3 Å². The molecule has 0 saturated heterocycles. The fourth-order valence-electron chi connectivity index (χ4n) is 2.20. The van der Waals surface area contributed by atoms with Gasteiger partial charge in [0, 0.05) is 36.5 Å². The second-order valence-electron chi connectivity index (χ2n) is 4.94. The molecule has 0 unspecified atom stereocenters. The van der Waals surface area contributed by atoms with E-state index in [1.807, 2.05) is 24.4 Å². The Morgan fingerprint density at radius 2 is 1.96 bits per heavy atom. The van der Waals surface area contributed by atoms with Gasteiger partial charge in [0.25, 0.3) is 0 Å². The first-order chi connectivity index (χ1) is 11.8. The van der Waals surface area contributed by atoms with Crippen molar-refractivity contribution in [3.8, 4) is 21.1 Å². The molecule has 0 aromatic carbocycles. The van der Waals surface area contributed by atoms with Gasteiger partial charge in [0.05, 0.1) is 4.88 Å². The van der Waals surface area contributed by atoms with E-state index in [-0.39, 0.29) is 0 Å². The number of pyridine rings is 1. The van der Waals surface area contributed by atoms with Gasteiger partial charge in [-0.25, -0.2) is 15.0 Å². The average molecular weight is 355 g/mol. The van der Waals surface area contributed by atoms with Gasteiger partial charge in [0.2, 0.25) is 0 Å². The molecule has 4 aromatic rings. The average Bonchev–Trinajstić information content (AvgIpc) is 3.23. The van der Waals surface area contributed by atoms with Crippen LogP contribution in [-0.4, -0.2) is 29.7 Å². The van der Waals surface area contributed by atoms with Gasteiger partial charge >= 0.3 is 0 Å². The summed E-state index contributed by atoms with van der Waals surface area (Å²) in [7, 11) is 0. The zero-order chi connectivity index (χ0) is 16.4. The Kier molecular flexibility index (Phi) is 4.02. The quantitative estimate of drug-likeness (QED) is 0.560. The summed E-state index contributed by atoms with van der Waals surface area (Å²) < 4.78 is 1.78. The lowest BCUT2D eigenvalue weighted by Crippen LogP contribution is -2.04. The summed E-state index contributed by atoms with van der Waals surface area (Å²) in [5.41, 5.74) is 1.72. The molecule has 0 atom stereocenters. The third kappa shape index (κ3) is 3.04. The lowest BCUT2D eigenvalue weighted by atomic mass is 10.3. The van der Waals surface area contributed by atoms with Crippen LogP contribution in [0.25, 0.3) is 21.1 Å². The summed E-state index contributed by atoms with van der Waals surface area (Å²) >= 11 is 7.80. The van der Waals surface area contributed by atoms with Crippen LogP contribution in [0.2, 0.25) is 5.15 Å². The van der Waals surface area contributed by atoms with Crippen molar-refractivity contribution in [1.29, 1.82) is 0 Å². The SMILES string of the molecule is Clc1nc(-c2cccnc2)sc1-c1ccn(Cc2ncccn2)n1. The van der Waals surface area contributed by atoms with Gasteiger partial charge in [-0.3, -0.25) is 9.67 Å². The van der Waals surface area contributed by atoms with Crippen molar-refractivity contribution in [2.24, 2.45) is 0 Å². The maximum atomic E-state index is 6.30. The van der Waals surface area contributed by atoms with Crippen LogP contribution in [0.3, 0.4) is 0 Å². The summed E-state index contributed by atoms with van der Waals surface area (Å²) in [5.74, 6) is 0.707. The van der Waals surface area contributed by atoms with E-state index in [0.29, 0.717) is 17.5 Å². The van der Waals surface area contributed by atoms with Crippen molar-refractivity contribution in [1.82, 2.24) is 29.7 Å². The molecule has 24 heavy (non-hydrogen) atoms. The molecule has 0 saturated carbocycles. The molecule has 0 spiro atoms. The van der Waals surface area contributed by atoms with Crippen LogP contribution in [0, 0.1) is 0 Å². The van der Waals surface area contributed by atoms with Gasteiger partial charge in [0.1, 0.15) is 28.2 Å². The molecule has 0 aliphatic rings. The first-order valence-electron chi connectivity index (χ1n) is 7.16. The van der Waals surface area contributed by atoms with Crippen molar-refractivity contribution >= 4 is 22.9 Å². The highest BCUT2D eigenvalue weighted by Gasteiger charge is 2.15. The van der Waals surface area contributed by atoms with Crippen LogP contribution in [0.4, 0.5) is 0 Å². The Labute approximate surface area is 146 Å². The molecule has 0 aliphatic heterocycles. The van der Waals surface area contributed by atoms with Crippen LogP contribution in [0.1, 0.15) is 5.82 Å². The van der Waals surface area contributed by atoms with E-state index < -0.39 is 0 Å². The highest BCUT2D eigenvalue weighted by molar-refractivity contribution is 7.19. The lowest BCUT2D eigenvalue weighted by molar-refractivity contribution is 0.657. The van der Waals surface area contributed by atoms with E-state index >= 15 is 0 Å². The molecule has 118 valence electrons. The number of halogens is 1. The Balaban J connectivity index is 1.62. The molecule has 4 aromatic heterocycles. The summed E-state index contributed by atoms with van der Waals surface area (Å²) in [6.07, 6.45) is 8.81. The molecule has 8 heteroatoms. The number of hydrogen-bond acceptors (Lipinski definition) is 6. The topological polar surface area (TPSA) is 69.4 Å². The number of rotatable bonds is 4. The van der Waals surface area contributed by atoms with Gasteiger partial charge in [-0.05, 0) is 24.3 Å². The van der Waals surface area contributed by atoms with Crippen molar-refractivity contribution in [2.45, 2.75) is 6.54 Å². The van der Waals surface area contributed by atoms with Crippen LogP contribution in [0.5, 0.6) is 0 Å². The monoisotopic (exact) mass is 354 g/mol. The molecule has 4 heterocycles. The largest absolute Gasteiger partial charge is 0.264 e. The molecular formula is C16H11ClN6S. The minimum atomic E-state index is 0.445. The molecule has 0 N–H and O–H groups in total. The summed E-state index contributed by atoms with van der Waals surface area (Å²) in [5, 5.41) is 5.82. The number of hydrogen-bond donors (Lipinski definition) is 0. The smallest absolute Gasteiger partial charge is 0.150 e.